The van der Waals surface area contributed by atoms with Crippen LogP contribution < -0.4 is 20.4 Å². The molecule has 1 unspecified atom stereocenters. The predicted molar refractivity (Wildman–Crippen MR) is 158 cm³/mol. The molecule has 9 nitrogen and oxygen atoms in total. The Bertz CT molecular complexity index is 1160. The number of pyridine rings is 1. The van der Waals surface area contributed by atoms with Crippen LogP contribution in [0.15, 0.2) is 42.6 Å². The highest BCUT2D eigenvalue weighted by molar-refractivity contribution is 5.94. The normalized spacial score (nSPS) is 24.0. The standard InChI is InChI=1S/C31H44N6O3/c1-21(22-6-9-25(10-7-22)36-16-14-35(5)15-17-36)33-29(38)23-8-13-28(32-20-23)37-26-11-12-27(37)19-24(18-26)34-30(39)40-31(2,3)4/h6-10,13,20-21,24,26-27H,11-12,14-19H2,1-5H3,(H,33,38)(H,34,39)/t21-,24?,26-,27+/m0/s1. The Morgan fingerprint density at radius 3 is 2.20 bits per heavy atom. The molecule has 3 aliphatic rings. The Labute approximate surface area is 238 Å². The number of piperidine rings is 1. The second-order valence-corrected chi connectivity index (χ2v) is 12.6. The van der Waals surface area contributed by atoms with E-state index in [1.807, 2.05) is 39.8 Å². The number of ether oxygens (including phenoxy) is 1. The summed E-state index contributed by atoms with van der Waals surface area (Å²) in [6.07, 6.45) is 5.21. The van der Waals surface area contributed by atoms with Crippen molar-refractivity contribution in [2.24, 2.45) is 0 Å². The molecule has 0 saturated carbocycles. The van der Waals surface area contributed by atoms with Gasteiger partial charge in [-0.1, -0.05) is 12.1 Å². The number of rotatable bonds is 6. The number of aromatic nitrogens is 1. The number of fused-ring (bicyclic) bond motifs is 2. The fourth-order valence-electron chi connectivity index (χ4n) is 6.22. The van der Waals surface area contributed by atoms with Crippen molar-refractivity contribution in [3.05, 3.63) is 53.7 Å². The summed E-state index contributed by atoms with van der Waals surface area (Å²) in [6, 6.07) is 13.0. The molecule has 2 N–H and O–H groups in total. The number of hydrogen-bond acceptors (Lipinski definition) is 7. The maximum atomic E-state index is 13.0. The molecule has 3 saturated heterocycles. The molecule has 4 atom stereocenters. The van der Waals surface area contributed by atoms with Gasteiger partial charge in [0.1, 0.15) is 11.4 Å². The van der Waals surface area contributed by atoms with Gasteiger partial charge in [0.15, 0.2) is 0 Å². The summed E-state index contributed by atoms with van der Waals surface area (Å²) >= 11 is 0. The second-order valence-electron chi connectivity index (χ2n) is 12.6. The molecular formula is C31H44N6O3. The zero-order valence-electron chi connectivity index (χ0n) is 24.5. The molecule has 3 aliphatic heterocycles. The smallest absolute Gasteiger partial charge is 0.407 e. The van der Waals surface area contributed by atoms with Crippen LogP contribution in [0.5, 0.6) is 0 Å². The Morgan fingerprint density at radius 1 is 0.975 bits per heavy atom. The van der Waals surface area contributed by atoms with E-state index in [-0.39, 0.29) is 24.1 Å². The van der Waals surface area contributed by atoms with Gasteiger partial charge in [0.2, 0.25) is 0 Å². The average Bonchev–Trinajstić information content (AvgIpc) is 3.18. The van der Waals surface area contributed by atoms with Gasteiger partial charge in [-0.15, -0.1) is 0 Å². The lowest BCUT2D eigenvalue weighted by molar-refractivity contribution is 0.0492. The number of amides is 2. The summed E-state index contributed by atoms with van der Waals surface area (Å²) in [6.45, 7) is 11.9. The van der Waals surface area contributed by atoms with Gasteiger partial charge in [-0.2, -0.15) is 0 Å². The lowest BCUT2D eigenvalue weighted by Crippen LogP contribution is -2.51. The van der Waals surface area contributed by atoms with Crippen LogP contribution in [0.2, 0.25) is 0 Å². The number of carbonyl (C=O) groups excluding carboxylic acids is 2. The Balaban J connectivity index is 1.14. The van der Waals surface area contributed by atoms with Crippen LogP contribution in [0.3, 0.4) is 0 Å². The van der Waals surface area contributed by atoms with Crippen LogP contribution >= 0.6 is 0 Å². The fourth-order valence-corrected chi connectivity index (χ4v) is 6.22. The summed E-state index contributed by atoms with van der Waals surface area (Å²) in [5.74, 6) is 0.769. The van der Waals surface area contributed by atoms with Crippen LogP contribution in [0.1, 0.15) is 75.3 Å². The van der Waals surface area contributed by atoms with Crippen LogP contribution in [0, 0.1) is 0 Å². The van der Waals surface area contributed by atoms with Gasteiger partial charge in [-0.05, 0) is 90.3 Å². The van der Waals surface area contributed by atoms with Crippen molar-refractivity contribution in [2.75, 3.05) is 43.0 Å². The highest BCUT2D eigenvalue weighted by Gasteiger charge is 2.42. The van der Waals surface area contributed by atoms with Crippen molar-refractivity contribution < 1.29 is 14.3 Å². The highest BCUT2D eigenvalue weighted by atomic mass is 16.6. The van der Waals surface area contributed by atoms with E-state index in [2.05, 4.69) is 56.6 Å². The molecule has 9 heteroatoms. The van der Waals surface area contributed by atoms with E-state index in [0.29, 0.717) is 17.6 Å². The van der Waals surface area contributed by atoms with Gasteiger partial charge in [0, 0.05) is 56.2 Å². The minimum absolute atomic E-state index is 0.103. The molecule has 2 bridgehead atoms. The molecule has 0 aliphatic carbocycles. The number of nitrogens with zero attached hydrogens (tertiary/aromatic N) is 4. The Hall–Kier alpha value is -3.33. The number of alkyl carbamates (subject to hydrolysis) is 1. The van der Waals surface area contributed by atoms with Crippen molar-refractivity contribution in [3.63, 3.8) is 0 Å². The molecule has 0 radical (unpaired) electrons. The average molecular weight is 549 g/mol. The van der Waals surface area contributed by atoms with Gasteiger partial charge in [0.25, 0.3) is 5.91 Å². The number of piperazine rings is 1. The first-order valence-corrected chi connectivity index (χ1v) is 14.6. The first-order valence-electron chi connectivity index (χ1n) is 14.6. The van der Waals surface area contributed by atoms with Gasteiger partial charge < -0.3 is 30.1 Å². The molecule has 2 aromatic rings. The number of anilines is 2. The summed E-state index contributed by atoms with van der Waals surface area (Å²) in [5.41, 5.74) is 2.36. The Morgan fingerprint density at radius 2 is 1.62 bits per heavy atom. The highest BCUT2D eigenvalue weighted by Crippen LogP contribution is 2.38. The van der Waals surface area contributed by atoms with Gasteiger partial charge in [0.05, 0.1) is 11.6 Å². The van der Waals surface area contributed by atoms with E-state index in [9.17, 15) is 9.59 Å². The van der Waals surface area contributed by atoms with E-state index in [0.717, 1.165) is 63.2 Å². The summed E-state index contributed by atoms with van der Waals surface area (Å²) in [7, 11) is 2.16. The monoisotopic (exact) mass is 548 g/mol. The van der Waals surface area contributed by atoms with Crippen LogP contribution in [-0.2, 0) is 4.74 Å². The molecule has 1 aromatic heterocycles. The maximum absolute atomic E-state index is 13.0. The third kappa shape index (κ3) is 6.69. The van der Waals surface area contributed by atoms with Crippen LogP contribution in [-0.4, -0.2) is 78.8 Å². The molecule has 216 valence electrons. The van der Waals surface area contributed by atoms with Crippen LogP contribution in [0.4, 0.5) is 16.3 Å². The van der Waals surface area contributed by atoms with Crippen LogP contribution in [0.25, 0.3) is 0 Å². The summed E-state index contributed by atoms with van der Waals surface area (Å²) < 4.78 is 5.45. The molecule has 3 fully saturated rings. The first kappa shape index (κ1) is 28.2. The largest absolute Gasteiger partial charge is 0.444 e. The third-order valence-corrected chi connectivity index (χ3v) is 8.34. The third-order valence-electron chi connectivity index (χ3n) is 8.34. The number of carbonyl (C=O) groups is 2. The molecule has 0 spiro atoms. The fraction of sp³-hybridized carbons (Fsp3) is 0.581. The zero-order valence-corrected chi connectivity index (χ0v) is 24.5. The molecular weight excluding hydrogens is 504 g/mol. The summed E-state index contributed by atoms with van der Waals surface area (Å²) in [4.78, 5) is 37.1. The van der Waals surface area contributed by atoms with E-state index >= 15 is 0 Å². The zero-order chi connectivity index (χ0) is 28.4. The number of benzene rings is 1. The lowest BCUT2D eigenvalue weighted by atomic mass is 9.97. The SMILES string of the molecule is C[C@H](NC(=O)c1ccc(N2[C@@H]3CC[C@H]2CC(NC(=O)OC(C)(C)C)C3)nc1)c1ccc(N2CCN(C)CC2)cc1. The van der Waals surface area contributed by atoms with E-state index in [1.165, 1.54) is 5.69 Å². The number of hydrogen-bond donors (Lipinski definition) is 2. The number of nitrogens with one attached hydrogen (secondary N) is 2. The van der Waals surface area contributed by atoms with Crippen molar-refractivity contribution in [1.29, 1.82) is 0 Å². The van der Waals surface area contributed by atoms with Gasteiger partial charge in [-0.3, -0.25) is 4.79 Å². The van der Waals surface area contributed by atoms with E-state index < -0.39 is 5.60 Å². The minimum Gasteiger partial charge on any atom is -0.444 e. The topological polar surface area (TPSA) is 90.0 Å². The van der Waals surface area contributed by atoms with Crippen molar-refractivity contribution in [1.82, 2.24) is 20.5 Å². The Kier molecular flexibility index (Phi) is 8.21. The molecule has 5 rings (SSSR count). The van der Waals surface area contributed by atoms with Crippen molar-refractivity contribution in [2.45, 2.75) is 83.1 Å². The lowest BCUT2D eigenvalue weighted by Gasteiger charge is -2.40. The molecule has 2 amide bonds. The van der Waals surface area contributed by atoms with E-state index in [4.69, 9.17) is 9.72 Å². The van der Waals surface area contributed by atoms with Crippen molar-refractivity contribution in [3.8, 4) is 0 Å². The molecule has 4 heterocycles. The van der Waals surface area contributed by atoms with Crippen molar-refractivity contribution >= 4 is 23.5 Å². The molecule has 1 aromatic carbocycles. The minimum atomic E-state index is -0.505. The quantitative estimate of drug-likeness (QED) is 0.555. The van der Waals surface area contributed by atoms with Gasteiger partial charge in [-0.25, -0.2) is 9.78 Å². The molecule has 40 heavy (non-hydrogen) atoms. The predicted octanol–water partition coefficient (Wildman–Crippen LogP) is 4.35. The maximum Gasteiger partial charge on any atom is 0.407 e. The summed E-state index contributed by atoms with van der Waals surface area (Å²) in [5, 5.41) is 6.18. The second kappa shape index (κ2) is 11.6. The first-order chi connectivity index (χ1) is 19.1. The van der Waals surface area contributed by atoms with E-state index in [1.54, 1.807) is 6.20 Å². The number of likely N-dealkylation sites (N-methyl/N-ethyl adjacent to an activating group) is 1. The van der Waals surface area contributed by atoms with Gasteiger partial charge >= 0.3 is 6.09 Å².